The monoisotopic (exact) mass is 251 g/mol. The summed E-state index contributed by atoms with van der Waals surface area (Å²) in [5.41, 5.74) is 1.57. The molecular weight excluding hydrogens is 242 g/mol. The van der Waals surface area contributed by atoms with Crippen molar-refractivity contribution in [3.05, 3.63) is 46.7 Å². The van der Waals surface area contributed by atoms with Gasteiger partial charge in [0.25, 0.3) is 0 Å². The van der Waals surface area contributed by atoms with Crippen molar-refractivity contribution in [2.45, 2.75) is 6.54 Å². The Morgan fingerprint density at radius 3 is 2.76 bits per heavy atom. The van der Waals surface area contributed by atoms with E-state index in [4.69, 9.17) is 16.7 Å². The van der Waals surface area contributed by atoms with Gasteiger partial charge in [0, 0.05) is 22.8 Å². The quantitative estimate of drug-likeness (QED) is 0.780. The summed E-state index contributed by atoms with van der Waals surface area (Å²) in [4.78, 5) is 10.8. The predicted octanol–water partition coefficient (Wildman–Crippen LogP) is 2.37. The van der Waals surface area contributed by atoms with Gasteiger partial charge in [0.2, 0.25) is 0 Å². The number of aromatic carboxylic acids is 1. The van der Waals surface area contributed by atoms with Gasteiger partial charge in [-0.25, -0.2) is 4.79 Å². The molecule has 0 atom stereocenters. The molecule has 1 aromatic carbocycles. The lowest BCUT2D eigenvalue weighted by Crippen LogP contribution is -2.05. The molecule has 0 unspecified atom stereocenters. The van der Waals surface area contributed by atoms with Gasteiger partial charge in [0.05, 0.1) is 6.20 Å². The van der Waals surface area contributed by atoms with Crippen LogP contribution in [0.1, 0.15) is 16.1 Å². The highest BCUT2D eigenvalue weighted by Gasteiger charge is 2.11. The molecule has 0 bridgehead atoms. The lowest BCUT2D eigenvalue weighted by atomic mass is 10.2. The number of carboxylic acid groups (broad SMARTS) is 1. The number of carboxylic acids is 1. The van der Waals surface area contributed by atoms with Gasteiger partial charge in [-0.15, -0.1) is 0 Å². The van der Waals surface area contributed by atoms with Gasteiger partial charge < -0.3 is 10.4 Å². The number of benzene rings is 1. The summed E-state index contributed by atoms with van der Waals surface area (Å²) in [6.45, 7) is 0.389. The Hall–Kier alpha value is -2.01. The summed E-state index contributed by atoms with van der Waals surface area (Å²) in [5.74, 6) is -1.02. The molecule has 0 aliphatic heterocycles. The Bertz CT molecular complexity index is 522. The first-order chi connectivity index (χ1) is 8.16. The Morgan fingerprint density at radius 2 is 2.12 bits per heavy atom. The lowest BCUT2D eigenvalue weighted by Gasteiger charge is -2.05. The zero-order valence-corrected chi connectivity index (χ0v) is 9.53. The van der Waals surface area contributed by atoms with E-state index < -0.39 is 5.97 Å². The number of rotatable bonds is 4. The largest absolute Gasteiger partial charge is 0.477 e. The van der Waals surface area contributed by atoms with E-state index in [9.17, 15) is 4.79 Å². The molecular formula is C11H10ClN3O2. The van der Waals surface area contributed by atoms with Crippen molar-refractivity contribution in [2.75, 3.05) is 5.32 Å². The molecule has 0 aliphatic carbocycles. The van der Waals surface area contributed by atoms with Crippen LogP contribution in [0.15, 0.2) is 30.5 Å². The minimum Gasteiger partial charge on any atom is -0.477 e. The zero-order chi connectivity index (χ0) is 12.3. The summed E-state index contributed by atoms with van der Waals surface area (Å²) >= 11 is 5.76. The maximum atomic E-state index is 10.8. The first-order valence-electron chi connectivity index (χ1n) is 4.92. The van der Waals surface area contributed by atoms with Crippen LogP contribution in [0, 0.1) is 0 Å². The third-order valence-electron chi connectivity index (χ3n) is 2.26. The highest BCUT2D eigenvalue weighted by molar-refractivity contribution is 6.30. The van der Waals surface area contributed by atoms with Gasteiger partial charge in [-0.2, -0.15) is 5.10 Å². The lowest BCUT2D eigenvalue weighted by molar-refractivity contribution is 0.0689. The third-order valence-corrected chi connectivity index (χ3v) is 2.51. The van der Waals surface area contributed by atoms with Crippen LogP contribution < -0.4 is 5.32 Å². The zero-order valence-electron chi connectivity index (χ0n) is 8.77. The van der Waals surface area contributed by atoms with Crippen molar-refractivity contribution in [2.24, 2.45) is 0 Å². The molecule has 3 N–H and O–H groups in total. The van der Waals surface area contributed by atoms with E-state index in [2.05, 4.69) is 15.5 Å². The van der Waals surface area contributed by atoms with Crippen LogP contribution in [0.4, 0.5) is 5.69 Å². The molecule has 2 rings (SSSR count). The van der Waals surface area contributed by atoms with Gasteiger partial charge in [0.15, 0.2) is 0 Å². The average molecular weight is 252 g/mol. The Morgan fingerprint density at radius 1 is 1.41 bits per heavy atom. The van der Waals surface area contributed by atoms with Gasteiger partial charge in [0.1, 0.15) is 5.69 Å². The van der Waals surface area contributed by atoms with Crippen LogP contribution >= 0.6 is 11.6 Å². The molecule has 0 saturated carbocycles. The predicted molar refractivity (Wildman–Crippen MR) is 64.3 cm³/mol. The molecule has 0 saturated heterocycles. The molecule has 0 amide bonds. The summed E-state index contributed by atoms with van der Waals surface area (Å²) < 4.78 is 0. The standard InChI is InChI=1S/C11H10ClN3O2/c12-8-1-3-9(4-2-8)13-5-7-6-14-15-10(7)11(16)17/h1-4,6,13H,5H2,(H,14,15)(H,16,17). The second kappa shape index (κ2) is 4.88. The fraction of sp³-hybridized carbons (Fsp3) is 0.0909. The van der Waals surface area contributed by atoms with Crippen molar-refractivity contribution in [3.8, 4) is 0 Å². The second-order valence-corrected chi connectivity index (χ2v) is 3.87. The number of hydrogen-bond acceptors (Lipinski definition) is 3. The summed E-state index contributed by atoms with van der Waals surface area (Å²) in [7, 11) is 0. The minimum atomic E-state index is -1.02. The van der Waals surface area contributed by atoms with Crippen LogP contribution in [0.5, 0.6) is 0 Å². The summed E-state index contributed by atoms with van der Waals surface area (Å²) in [6, 6.07) is 7.17. The molecule has 0 aliphatic rings. The fourth-order valence-corrected chi connectivity index (χ4v) is 1.52. The van der Waals surface area contributed by atoms with Gasteiger partial charge in [-0.1, -0.05) is 11.6 Å². The van der Waals surface area contributed by atoms with Gasteiger partial charge >= 0.3 is 5.97 Å². The third kappa shape index (κ3) is 2.76. The van der Waals surface area contributed by atoms with Crippen LogP contribution in [0.25, 0.3) is 0 Å². The van der Waals surface area contributed by atoms with Crippen LogP contribution in [-0.2, 0) is 6.54 Å². The van der Waals surface area contributed by atoms with Crippen molar-refractivity contribution in [1.82, 2.24) is 10.2 Å². The molecule has 17 heavy (non-hydrogen) atoms. The van der Waals surface area contributed by atoms with Crippen LogP contribution in [-0.4, -0.2) is 21.3 Å². The molecule has 0 fully saturated rings. The number of aromatic amines is 1. The van der Waals surface area contributed by atoms with Crippen molar-refractivity contribution in [3.63, 3.8) is 0 Å². The van der Waals surface area contributed by atoms with E-state index in [0.29, 0.717) is 17.1 Å². The fourth-order valence-electron chi connectivity index (χ4n) is 1.40. The smallest absolute Gasteiger partial charge is 0.354 e. The van der Waals surface area contributed by atoms with E-state index in [0.717, 1.165) is 5.69 Å². The summed E-state index contributed by atoms with van der Waals surface area (Å²) in [6.07, 6.45) is 1.49. The Kier molecular flexibility index (Phi) is 3.30. The van der Waals surface area contributed by atoms with Crippen LogP contribution in [0.2, 0.25) is 5.02 Å². The first-order valence-corrected chi connectivity index (χ1v) is 5.29. The minimum absolute atomic E-state index is 0.103. The molecule has 0 radical (unpaired) electrons. The topological polar surface area (TPSA) is 78.0 Å². The normalized spacial score (nSPS) is 10.2. The average Bonchev–Trinajstić information content (AvgIpc) is 2.76. The molecule has 6 heteroatoms. The van der Waals surface area contributed by atoms with Crippen molar-refractivity contribution in [1.29, 1.82) is 0 Å². The summed E-state index contributed by atoms with van der Waals surface area (Å²) in [5, 5.41) is 18.8. The molecule has 2 aromatic rings. The number of aromatic nitrogens is 2. The SMILES string of the molecule is O=C(O)c1[nH]ncc1CNc1ccc(Cl)cc1. The maximum Gasteiger partial charge on any atom is 0.354 e. The highest BCUT2D eigenvalue weighted by atomic mass is 35.5. The van der Waals surface area contributed by atoms with Crippen LogP contribution in [0.3, 0.4) is 0 Å². The van der Waals surface area contributed by atoms with E-state index in [1.165, 1.54) is 6.20 Å². The van der Waals surface area contributed by atoms with E-state index >= 15 is 0 Å². The Balaban J connectivity index is 2.05. The van der Waals surface area contributed by atoms with Crippen molar-refractivity contribution >= 4 is 23.3 Å². The number of anilines is 1. The maximum absolute atomic E-state index is 10.8. The van der Waals surface area contributed by atoms with Gasteiger partial charge in [-0.3, -0.25) is 5.10 Å². The molecule has 0 spiro atoms. The number of nitrogens with zero attached hydrogens (tertiary/aromatic N) is 1. The molecule has 88 valence electrons. The number of halogens is 1. The van der Waals surface area contributed by atoms with Gasteiger partial charge in [-0.05, 0) is 24.3 Å². The molecule has 1 heterocycles. The van der Waals surface area contributed by atoms with E-state index in [1.54, 1.807) is 12.1 Å². The van der Waals surface area contributed by atoms with E-state index in [1.807, 2.05) is 12.1 Å². The second-order valence-electron chi connectivity index (χ2n) is 3.44. The number of carbonyl (C=O) groups is 1. The number of hydrogen-bond donors (Lipinski definition) is 3. The highest BCUT2D eigenvalue weighted by Crippen LogP contribution is 2.15. The number of nitrogens with one attached hydrogen (secondary N) is 2. The Labute approximate surface area is 102 Å². The first kappa shape index (κ1) is 11.5. The van der Waals surface area contributed by atoms with Crippen molar-refractivity contribution < 1.29 is 9.90 Å². The van der Waals surface area contributed by atoms with E-state index in [-0.39, 0.29) is 5.69 Å². The molecule has 5 nitrogen and oxygen atoms in total. The molecule has 1 aromatic heterocycles. The number of H-pyrrole nitrogens is 1.